The fourth-order valence-electron chi connectivity index (χ4n) is 3.04. The van der Waals surface area contributed by atoms with Crippen molar-refractivity contribution < 1.29 is 18.1 Å². The average molecular weight is 459 g/mol. The number of aryl methyl sites for hydroxylation is 1. The second-order valence-corrected chi connectivity index (χ2v) is 10.4. The van der Waals surface area contributed by atoms with Crippen molar-refractivity contribution in [2.45, 2.75) is 11.1 Å². The molecule has 3 rings (SSSR count). The number of carbonyl (C=O) groups is 1. The fraction of sp³-hybridized carbons (Fsp3) is 0.353. The Hall–Kier alpha value is -2.05. The normalized spacial score (nSPS) is 15.9. The third-order valence-electron chi connectivity index (χ3n) is 4.55. The lowest BCUT2D eigenvalue weighted by atomic mass is 10.1. The van der Waals surface area contributed by atoms with E-state index in [1.165, 1.54) is 16.4 Å². The van der Waals surface area contributed by atoms with Gasteiger partial charge in [-0.2, -0.15) is 4.31 Å². The molecule has 9 nitrogen and oxygen atoms in total. The van der Waals surface area contributed by atoms with E-state index in [2.05, 4.69) is 5.32 Å². The number of nitrogens with one attached hydrogen (secondary N) is 1. The van der Waals surface area contributed by atoms with Crippen molar-refractivity contribution in [2.24, 2.45) is 0 Å². The van der Waals surface area contributed by atoms with Crippen molar-refractivity contribution in [3.63, 3.8) is 0 Å². The van der Waals surface area contributed by atoms with E-state index >= 15 is 0 Å². The quantitative estimate of drug-likeness (QED) is 0.525. The first-order valence-electron chi connectivity index (χ1n) is 8.70. The van der Waals surface area contributed by atoms with Crippen LogP contribution < -0.4 is 5.32 Å². The minimum absolute atomic E-state index is 0.0181. The van der Waals surface area contributed by atoms with Crippen LogP contribution in [0.2, 0.25) is 4.34 Å². The van der Waals surface area contributed by atoms with E-state index in [9.17, 15) is 23.3 Å². The molecule has 156 valence electrons. The number of amides is 1. The van der Waals surface area contributed by atoms with E-state index in [1.54, 1.807) is 25.1 Å². The molecule has 1 fully saturated rings. The van der Waals surface area contributed by atoms with Gasteiger partial charge in [-0.15, -0.1) is 11.3 Å². The first kappa shape index (κ1) is 21.7. The van der Waals surface area contributed by atoms with Crippen molar-refractivity contribution in [3.05, 3.63) is 50.3 Å². The van der Waals surface area contributed by atoms with E-state index in [1.807, 2.05) is 4.90 Å². The monoisotopic (exact) mass is 458 g/mol. The maximum Gasteiger partial charge on any atom is 0.293 e. The lowest BCUT2D eigenvalue weighted by molar-refractivity contribution is -0.384. The highest BCUT2D eigenvalue weighted by molar-refractivity contribution is 7.91. The molecule has 0 aliphatic carbocycles. The van der Waals surface area contributed by atoms with Crippen molar-refractivity contribution >= 4 is 50.2 Å². The first-order valence-corrected chi connectivity index (χ1v) is 11.3. The Morgan fingerprint density at radius 2 is 1.93 bits per heavy atom. The minimum Gasteiger partial charge on any atom is -0.319 e. The van der Waals surface area contributed by atoms with Crippen LogP contribution in [0.5, 0.6) is 0 Å². The standard InChI is InChI=1S/C17H19ClN4O5S2/c1-12-3-2-4-13(22(24)25)17(12)19-15(23)11-20-7-9-21(10-8-20)29(26,27)16-6-5-14(18)28-16/h2-6H,7-11H2,1H3,(H,19,23). The molecule has 29 heavy (non-hydrogen) atoms. The van der Waals surface area contributed by atoms with Crippen molar-refractivity contribution in [1.29, 1.82) is 0 Å². The number of benzene rings is 1. The zero-order valence-corrected chi connectivity index (χ0v) is 17.9. The van der Waals surface area contributed by atoms with Crippen LogP contribution in [0.1, 0.15) is 5.56 Å². The number of thiophene rings is 1. The molecule has 1 N–H and O–H groups in total. The number of piperazine rings is 1. The first-order chi connectivity index (χ1) is 13.7. The molecule has 2 heterocycles. The van der Waals surface area contributed by atoms with E-state index in [0.29, 0.717) is 23.0 Å². The molecular weight excluding hydrogens is 440 g/mol. The summed E-state index contributed by atoms with van der Waals surface area (Å²) >= 11 is 6.84. The predicted octanol–water partition coefficient (Wildman–Crippen LogP) is 2.56. The largest absolute Gasteiger partial charge is 0.319 e. The predicted molar refractivity (Wildman–Crippen MR) is 111 cm³/mol. The molecule has 1 aromatic heterocycles. The number of halogens is 1. The van der Waals surface area contributed by atoms with Crippen molar-refractivity contribution in [1.82, 2.24) is 9.21 Å². The Labute approximate surface area is 177 Å². The van der Waals surface area contributed by atoms with Gasteiger partial charge < -0.3 is 5.32 Å². The highest BCUT2D eigenvalue weighted by Crippen LogP contribution is 2.29. The number of sulfonamides is 1. The van der Waals surface area contributed by atoms with Gasteiger partial charge in [0.25, 0.3) is 15.7 Å². The summed E-state index contributed by atoms with van der Waals surface area (Å²) < 4.78 is 27.2. The van der Waals surface area contributed by atoms with Gasteiger partial charge in [0.1, 0.15) is 9.90 Å². The summed E-state index contributed by atoms with van der Waals surface area (Å²) in [6, 6.07) is 7.61. The Bertz CT molecular complexity index is 1030. The molecule has 1 amide bonds. The summed E-state index contributed by atoms with van der Waals surface area (Å²) in [5, 5.41) is 13.8. The van der Waals surface area contributed by atoms with E-state index in [4.69, 9.17) is 11.6 Å². The number of hydrogen-bond acceptors (Lipinski definition) is 7. The van der Waals surface area contributed by atoms with E-state index < -0.39 is 14.9 Å². The molecule has 0 atom stereocenters. The fourth-order valence-corrected chi connectivity index (χ4v) is 6.10. The molecule has 0 bridgehead atoms. The van der Waals surface area contributed by atoms with Gasteiger partial charge in [0.05, 0.1) is 15.8 Å². The lowest BCUT2D eigenvalue weighted by Crippen LogP contribution is -2.50. The zero-order valence-electron chi connectivity index (χ0n) is 15.5. The molecular formula is C17H19ClN4O5S2. The number of anilines is 1. The molecule has 0 unspecified atom stereocenters. The molecule has 1 aromatic carbocycles. The number of nitro benzene ring substituents is 1. The topological polar surface area (TPSA) is 113 Å². The molecule has 0 spiro atoms. The van der Waals surface area contributed by atoms with Gasteiger partial charge >= 0.3 is 0 Å². The van der Waals surface area contributed by atoms with Crippen molar-refractivity contribution in [3.8, 4) is 0 Å². The van der Waals surface area contributed by atoms with Crippen LogP contribution in [0, 0.1) is 17.0 Å². The highest BCUT2D eigenvalue weighted by Gasteiger charge is 2.30. The van der Waals surface area contributed by atoms with Gasteiger partial charge in [-0.1, -0.05) is 23.7 Å². The number of hydrogen-bond donors (Lipinski definition) is 1. The van der Waals surface area contributed by atoms with Crippen LogP contribution in [-0.2, 0) is 14.8 Å². The number of carbonyl (C=O) groups excluding carboxylic acids is 1. The van der Waals surface area contributed by atoms with Gasteiger partial charge in [0.15, 0.2) is 0 Å². The zero-order chi connectivity index (χ0) is 21.2. The number of nitro groups is 1. The Morgan fingerprint density at radius 3 is 2.52 bits per heavy atom. The van der Waals surface area contributed by atoms with Crippen LogP contribution in [0.4, 0.5) is 11.4 Å². The minimum atomic E-state index is -3.60. The molecule has 1 aliphatic rings. The van der Waals surface area contributed by atoms with Crippen LogP contribution in [0.15, 0.2) is 34.5 Å². The van der Waals surface area contributed by atoms with E-state index in [0.717, 1.165) is 11.3 Å². The van der Waals surface area contributed by atoms with Gasteiger partial charge in [0, 0.05) is 32.2 Å². The molecule has 12 heteroatoms. The average Bonchev–Trinajstić information content (AvgIpc) is 3.11. The number of rotatable bonds is 6. The number of para-hydroxylation sites is 1. The number of nitrogens with zero attached hydrogens (tertiary/aromatic N) is 3. The summed E-state index contributed by atoms with van der Waals surface area (Å²) in [4.78, 5) is 24.8. The Morgan fingerprint density at radius 1 is 1.24 bits per heavy atom. The lowest BCUT2D eigenvalue weighted by Gasteiger charge is -2.33. The summed E-state index contributed by atoms with van der Waals surface area (Å²) in [5.41, 5.74) is 0.611. The summed E-state index contributed by atoms with van der Waals surface area (Å²) in [6.45, 7) is 2.95. The summed E-state index contributed by atoms with van der Waals surface area (Å²) in [5.74, 6) is -0.385. The maximum atomic E-state index is 12.6. The Kier molecular flexibility index (Phi) is 6.54. The van der Waals surface area contributed by atoms with Gasteiger partial charge in [-0.05, 0) is 24.6 Å². The van der Waals surface area contributed by atoms with Crippen LogP contribution in [0.25, 0.3) is 0 Å². The second kappa shape index (κ2) is 8.76. The van der Waals surface area contributed by atoms with Gasteiger partial charge in [-0.3, -0.25) is 19.8 Å². The smallest absolute Gasteiger partial charge is 0.293 e. The molecule has 1 saturated heterocycles. The summed E-state index contributed by atoms with van der Waals surface area (Å²) in [6.07, 6.45) is 0. The molecule has 0 radical (unpaired) electrons. The third-order valence-corrected chi connectivity index (χ3v) is 8.15. The van der Waals surface area contributed by atoms with E-state index in [-0.39, 0.29) is 41.1 Å². The third kappa shape index (κ3) is 4.93. The van der Waals surface area contributed by atoms with Crippen LogP contribution in [-0.4, -0.2) is 61.2 Å². The van der Waals surface area contributed by atoms with Gasteiger partial charge in [-0.25, -0.2) is 8.42 Å². The molecule has 2 aromatic rings. The molecule has 1 aliphatic heterocycles. The highest BCUT2D eigenvalue weighted by atomic mass is 35.5. The van der Waals surface area contributed by atoms with Crippen LogP contribution >= 0.6 is 22.9 Å². The second-order valence-electron chi connectivity index (χ2n) is 6.51. The summed E-state index contributed by atoms with van der Waals surface area (Å²) in [7, 11) is -3.60. The molecule has 0 saturated carbocycles. The van der Waals surface area contributed by atoms with Gasteiger partial charge in [0.2, 0.25) is 5.91 Å². The van der Waals surface area contributed by atoms with Crippen LogP contribution in [0.3, 0.4) is 0 Å². The SMILES string of the molecule is Cc1cccc([N+](=O)[O-])c1NC(=O)CN1CCN(S(=O)(=O)c2ccc(Cl)s2)CC1. The maximum absolute atomic E-state index is 12.6. The van der Waals surface area contributed by atoms with Crippen molar-refractivity contribution in [2.75, 3.05) is 38.0 Å². The Balaban J connectivity index is 1.59.